The van der Waals surface area contributed by atoms with Gasteiger partial charge < -0.3 is 40.9 Å². The van der Waals surface area contributed by atoms with Crippen LogP contribution in [-0.4, -0.2) is 92.3 Å². The number of alkyl halides is 1. The van der Waals surface area contributed by atoms with Gasteiger partial charge >= 0.3 is 11.8 Å². The first kappa shape index (κ1) is 23.6. The number of carboxylic acid groups (broad SMARTS) is 1. The molecule has 0 spiro atoms. The molecule has 0 bridgehead atoms. The van der Waals surface area contributed by atoms with Gasteiger partial charge in [0.25, 0.3) is 5.91 Å². The quantitative estimate of drug-likeness (QED) is 0.246. The maximum absolute atomic E-state index is 14.3. The van der Waals surface area contributed by atoms with Crippen LogP contribution in [0.1, 0.15) is 17.3 Å². The predicted octanol–water partition coefficient (Wildman–Crippen LogP) is -2.49. The molecule has 1 fully saturated rings. The van der Waals surface area contributed by atoms with E-state index in [1.54, 1.807) is 18.2 Å². The third kappa shape index (κ3) is 4.91. The lowest BCUT2D eigenvalue weighted by Gasteiger charge is -2.46. The molecule has 1 aromatic carbocycles. The molecule has 0 aromatic heterocycles. The summed E-state index contributed by atoms with van der Waals surface area (Å²) in [6, 6.07) is 6.20. The molecule has 1 aromatic rings. The van der Waals surface area contributed by atoms with Crippen LogP contribution in [0.25, 0.3) is 0 Å². The van der Waals surface area contributed by atoms with E-state index in [1.165, 1.54) is 12.1 Å². The largest absolute Gasteiger partial charge is 0.477 e. The highest BCUT2D eigenvalue weighted by atomic mass is 19.1. The van der Waals surface area contributed by atoms with E-state index < -0.39 is 66.7 Å². The Morgan fingerprint density at radius 2 is 1.83 bits per heavy atom. The molecular formula is C18H23FN2O9. The number of carboxylic acids is 1. The van der Waals surface area contributed by atoms with Crippen molar-refractivity contribution in [3.8, 4) is 0 Å². The molecule has 0 saturated carbocycles. The van der Waals surface area contributed by atoms with Gasteiger partial charge in [0.2, 0.25) is 5.91 Å². The molecule has 2 rings (SSSR count). The SMILES string of the molecule is CC(=O)N[C@@H]1[C@@H](O)[C@@H](F)[C@@](O)(C(=O)O)O[C@H]1[C@H](O)[C@H](O)CNC(=O)c1ccccc1. The summed E-state index contributed by atoms with van der Waals surface area (Å²) in [5, 5.41) is 54.2. The van der Waals surface area contributed by atoms with Gasteiger partial charge in [0, 0.05) is 19.0 Å². The van der Waals surface area contributed by atoms with E-state index >= 15 is 0 Å². The topological polar surface area (TPSA) is 186 Å². The van der Waals surface area contributed by atoms with Gasteiger partial charge in [-0.1, -0.05) is 18.2 Å². The number of hydrogen-bond donors (Lipinski definition) is 7. The molecule has 1 aliphatic heterocycles. The Kier molecular flexibility index (Phi) is 7.44. The van der Waals surface area contributed by atoms with Crippen LogP contribution >= 0.6 is 0 Å². The number of aliphatic carboxylic acids is 1. The van der Waals surface area contributed by atoms with E-state index in [9.17, 15) is 39.2 Å². The van der Waals surface area contributed by atoms with Crippen LogP contribution in [0.15, 0.2) is 30.3 Å². The number of aliphatic hydroxyl groups excluding tert-OH is 3. The van der Waals surface area contributed by atoms with E-state index in [2.05, 4.69) is 10.6 Å². The molecule has 7 atom stereocenters. The Labute approximate surface area is 170 Å². The van der Waals surface area contributed by atoms with Gasteiger partial charge in [0.1, 0.15) is 18.3 Å². The van der Waals surface area contributed by atoms with Crippen LogP contribution in [0, 0.1) is 0 Å². The molecule has 30 heavy (non-hydrogen) atoms. The Morgan fingerprint density at radius 1 is 1.23 bits per heavy atom. The molecule has 7 N–H and O–H groups in total. The molecule has 12 heteroatoms. The average Bonchev–Trinajstić information content (AvgIpc) is 2.71. The van der Waals surface area contributed by atoms with E-state index in [0.29, 0.717) is 0 Å². The normalized spacial score (nSPS) is 30.7. The number of ether oxygens (including phenoxy) is 1. The molecule has 1 heterocycles. The number of carbonyl (C=O) groups is 3. The minimum atomic E-state index is -3.53. The molecule has 0 unspecified atom stereocenters. The van der Waals surface area contributed by atoms with Gasteiger partial charge in [0.15, 0.2) is 6.17 Å². The van der Waals surface area contributed by atoms with Crippen LogP contribution in [0.3, 0.4) is 0 Å². The molecule has 166 valence electrons. The monoisotopic (exact) mass is 430 g/mol. The Hall–Kier alpha value is -2.64. The summed E-state index contributed by atoms with van der Waals surface area (Å²) < 4.78 is 19.1. The summed E-state index contributed by atoms with van der Waals surface area (Å²) in [6.45, 7) is 0.472. The lowest BCUT2D eigenvalue weighted by Crippen LogP contribution is -2.72. The van der Waals surface area contributed by atoms with Crippen molar-refractivity contribution in [1.82, 2.24) is 10.6 Å². The molecule has 1 aliphatic rings. The predicted molar refractivity (Wildman–Crippen MR) is 96.8 cm³/mol. The lowest BCUT2D eigenvalue weighted by atomic mass is 9.87. The van der Waals surface area contributed by atoms with Crippen LogP contribution in [0.4, 0.5) is 4.39 Å². The second kappa shape index (κ2) is 9.45. The standard InChI is InChI=1S/C18H23FN2O9/c1-8(22)21-11-13(25)15(19)18(29,17(27)28)30-14(11)12(24)10(23)7-20-16(26)9-5-3-2-4-6-9/h2-6,10-15,23-25,29H,7H2,1H3,(H,20,26)(H,21,22)(H,27,28)/t10-,11-,12-,13-,14-,15-,18+/m1/s1. The maximum atomic E-state index is 14.3. The van der Waals surface area contributed by atoms with Crippen molar-refractivity contribution >= 4 is 17.8 Å². The van der Waals surface area contributed by atoms with Gasteiger partial charge in [-0.2, -0.15) is 0 Å². The maximum Gasteiger partial charge on any atom is 0.367 e. The van der Waals surface area contributed by atoms with E-state index in [0.717, 1.165) is 6.92 Å². The number of rotatable bonds is 7. The minimum Gasteiger partial charge on any atom is -0.477 e. The Balaban J connectivity index is 2.17. The average molecular weight is 430 g/mol. The summed E-state index contributed by atoms with van der Waals surface area (Å²) in [6.07, 6.45) is -10.9. The van der Waals surface area contributed by atoms with Crippen molar-refractivity contribution < 1.29 is 49.0 Å². The number of benzene rings is 1. The van der Waals surface area contributed by atoms with Crippen LogP contribution < -0.4 is 10.6 Å². The number of carbonyl (C=O) groups excluding carboxylic acids is 2. The van der Waals surface area contributed by atoms with Crippen molar-refractivity contribution in [2.45, 2.75) is 49.3 Å². The number of nitrogens with one attached hydrogen (secondary N) is 2. The summed E-state index contributed by atoms with van der Waals surface area (Å²) in [5.41, 5.74) is 0.264. The summed E-state index contributed by atoms with van der Waals surface area (Å²) in [4.78, 5) is 34.7. The zero-order chi connectivity index (χ0) is 22.6. The zero-order valence-corrected chi connectivity index (χ0v) is 15.8. The highest BCUT2D eigenvalue weighted by Gasteiger charge is 2.61. The fraction of sp³-hybridized carbons (Fsp3) is 0.500. The number of halogens is 1. The van der Waals surface area contributed by atoms with E-state index in [4.69, 9.17) is 9.84 Å². The molecule has 11 nitrogen and oxygen atoms in total. The fourth-order valence-corrected chi connectivity index (χ4v) is 3.03. The molecule has 0 aliphatic carbocycles. The molecule has 0 radical (unpaired) electrons. The van der Waals surface area contributed by atoms with E-state index in [-0.39, 0.29) is 5.56 Å². The van der Waals surface area contributed by atoms with Crippen molar-refractivity contribution in [2.24, 2.45) is 0 Å². The van der Waals surface area contributed by atoms with Gasteiger partial charge in [0.05, 0.1) is 12.1 Å². The summed E-state index contributed by atoms with van der Waals surface area (Å²) in [5.74, 6) is -7.08. The first-order valence-electron chi connectivity index (χ1n) is 8.91. The third-order valence-corrected chi connectivity index (χ3v) is 4.63. The summed E-state index contributed by atoms with van der Waals surface area (Å²) in [7, 11) is 0. The zero-order valence-electron chi connectivity index (χ0n) is 15.8. The second-order valence-electron chi connectivity index (χ2n) is 6.84. The number of amides is 2. The van der Waals surface area contributed by atoms with Crippen molar-refractivity contribution in [1.29, 1.82) is 0 Å². The third-order valence-electron chi connectivity index (χ3n) is 4.63. The molecule has 2 amide bonds. The smallest absolute Gasteiger partial charge is 0.367 e. The van der Waals surface area contributed by atoms with Crippen LogP contribution in [0.5, 0.6) is 0 Å². The second-order valence-corrected chi connectivity index (χ2v) is 6.84. The van der Waals surface area contributed by atoms with Crippen LogP contribution in [-0.2, 0) is 14.3 Å². The van der Waals surface area contributed by atoms with Crippen molar-refractivity contribution in [3.05, 3.63) is 35.9 Å². The van der Waals surface area contributed by atoms with Crippen molar-refractivity contribution in [2.75, 3.05) is 6.54 Å². The first-order valence-corrected chi connectivity index (χ1v) is 8.91. The molecule has 1 saturated heterocycles. The summed E-state index contributed by atoms with van der Waals surface area (Å²) >= 11 is 0. The van der Waals surface area contributed by atoms with Crippen LogP contribution in [0.2, 0.25) is 0 Å². The minimum absolute atomic E-state index is 0.264. The number of hydrogen-bond acceptors (Lipinski definition) is 8. The Bertz CT molecular complexity index is 780. The highest BCUT2D eigenvalue weighted by Crippen LogP contribution is 2.33. The van der Waals surface area contributed by atoms with Gasteiger partial charge in [-0.05, 0) is 12.1 Å². The van der Waals surface area contributed by atoms with Gasteiger partial charge in [-0.25, -0.2) is 9.18 Å². The van der Waals surface area contributed by atoms with Gasteiger partial charge in [-0.3, -0.25) is 9.59 Å². The molecular weight excluding hydrogens is 407 g/mol. The van der Waals surface area contributed by atoms with Crippen molar-refractivity contribution in [3.63, 3.8) is 0 Å². The number of aliphatic hydroxyl groups is 4. The Morgan fingerprint density at radius 3 is 2.37 bits per heavy atom. The highest BCUT2D eigenvalue weighted by molar-refractivity contribution is 5.94. The lowest BCUT2D eigenvalue weighted by molar-refractivity contribution is -0.319. The fourth-order valence-electron chi connectivity index (χ4n) is 3.03. The van der Waals surface area contributed by atoms with Gasteiger partial charge in [-0.15, -0.1) is 0 Å². The first-order chi connectivity index (χ1) is 14.0. The van der Waals surface area contributed by atoms with E-state index in [1.807, 2.05) is 0 Å².